The standard InChI is InChI=1S/C15H18O5.C14H16O5.C13H16O3.C12H13O4P.C12H12O4.2C12H14O3.C11H13O3P.2H2/c1-10-11(7-8-17-2)12-5-4-6-13(15(12)20-10)19-9-14(16)18-3;1-9-10(6-7-17-2)11-4-3-5-12(14(11)19-9)18-8-13(15)16;1-9-10(7-8-14-2)11-5-4-6-12(15-3)13(11)16-9;1-7-9(6-11(13)14-2)8-4-3-5-10(16-17)12(8)15-7;1-7-9(6-11(14)15-2)8-4-3-5-10(13)12(8)16-7;1-8-9(6-7-14-2)10-4-3-5-11(13)12(10)15-8;1-8-9(6-7-13)10-4-3-5-11(14-2)12(10)15-8;1-7-8(5-6-12)9-3-2-4-10(14-15)11(9)13-7;;/h4-6H,7-9H2,1-3H3;3-5H,6-8H2,1-2H3,(H,15,16);4-6H,7-8H2,1-3H3;3-5H,6,17H2,1-2H3;3-5,13H,6H2,1-2H3;2*3-5,13H,6-7H2,1-2H3;2-4,12H,5-6,15H2,1H3;2*1H/i;;;;;;;;2*1+2. The number of aliphatic hydroxyl groups excluding tert-OH is 2. The van der Waals surface area contributed by atoms with Crippen molar-refractivity contribution in [3.63, 3.8) is 0 Å². The molecule has 0 aliphatic heterocycles. The summed E-state index contributed by atoms with van der Waals surface area (Å²) in [5.74, 6) is 8.53. The predicted octanol–water partition coefficient (Wildman–Crippen LogP) is 20.5. The van der Waals surface area contributed by atoms with Crippen molar-refractivity contribution in [3.8, 4) is 46.0 Å². The number of ether oxygens (including phenoxy) is 11. The van der Waals surface area contributed by atoms with E-state index in [-0.39, 0.29) is 65.6 Å². The second-order valence-electron chi connectivity index (χ2n) is 29.8. The first-order valence-corrected chi connectivity index (χ1v) is 43.2. The third kappa shape index (κ3) is 26.3. The Kier molecular flexibility index (Phi) is 39.9. The van der Waals surface area contributed by atoms with Crippen LogP contribution in [0.2, 0.25) is 0 Å². The second-order valence-corrected chi connectivity index (χ2v) is 30.3. The van der Waals surface area contributed by atoms with E-state index < -0.39 is 11.9 Å². The minimum Gasteiger partial charge on any atom is -0.504 e. The highest BCUT2D eigenvalue weighted by Crippen LogP contribution is 2.41. The van der Waals surface area contributed by atoms with Gasteiger partial charge < -0.3 is 122 Å². The Labute approximate surface area is 776 Å². The van der Waals surface area contributed by atoms with Gasteiger partial charge >= 0.3 is 23.9 Å². The zero-order valence-electron chi connectivity index (χ0n) is 77.8. The van der Waals surface area contributed by atoms with Gasteiger partial charge in [0, 0.05) is 132 Å². The molecule has 0 fully saturated rings. The normalized spacial score (nSPS) is 10.8. The van der Waals surface area contributed by atoms with Crippen LogP contribution in [0.5, 0.6) is 46.0 Å². The number of rotatable bonds is 30. The topological polar surface area (TPSA) is 395 Å². The number of esters is 3. The molecular weight excluding hydrogens is 1760 g/mol. The molecule has 0 aliphatic rings. The number of hydrogen-bond acceptors (Lipinski definition) is 29. The highest BCUT2D eigenvalue weighted by molar-refractivity contribution is 7.10. The molecule has 133 heavy (non-hydrogen) atoms. The van der Waals surface area contributed by atoms with Crippen molar-refractivity contribution in [2.24, 2.45) is 0 Å². The van der Waals surface area contributed by atoms with E-state index in [0.29, 0.717) is 102 Å². The van der Waals surface area contributed by atoms with E-state index in [1.165, 1.54) is 26.9 Å². The van der Waals surface area contributed by atoms with Crippen LogP contribution >= 0.6 is 18.9 Å². The van der Waals surface area contributed by atoms with Crippen LogP contribution in [0.15, 0.2) is 181 Å². The highest BCUT2D eigenvalue weighted by Gasteiger charge is 2.24. The molecular formula is C101H120O30P2. The van der Waals surface area contributed by atoms with E-state index in [2.05, 4.69) is 39.2 Å². The maximum atomic E-state index is 11.3. The lowest BCUT2D eigenvalue weighted by Gasteiger charge is -2.05. The Balaban J connectivity index is 0.000000210. The molecule has 0 radical (unpaired) electrons. The molecule has 8 aromatic carbocycles. The van der Waals surface area contributed by atoms with Gasteiger partial charge in [-0.2, -0.15) is 0 Å². The van der Waals surface area contributed by atoms with Crippen LogP contribution in [0.25, 0.3) is 87.8 Å². The maximum absolute atomic E-state index is 11.3. The lowest BCUT2D eigenvalue weighted by Crippen LogP contribution is -2.12. The quantitative estimate of drug-likeness (QED) is 0.0159. The van der Waals surface area contributed by atoms with Gasteiger partial charge in [0.25, 0.3) is 0 Å². The third-order valence-corrected chi connectivity index (χ3v) is 22.1. The number of furan rings is 8. The van der Waals surface area contributed by atoms with Crippen LogP contribution in [0, 0.1) is 55.4 Å². The molecule has 0 spiro atoms. The molecule has 0 bridgehead atoms. The minimum atomic E-state index is -1.01. The number of carboxylic acid groups (broad SMARTS) is 1. The molecule has 16 aromatic rings. The number of aliphatic hydroxyl groups is 2. The first-order valence-electron chi connectivity index (χ1n) is 42.3. The van der Waals surface area contributed by atoms with E-state index in [0.717, 1.165) is 171 Å². The number of benzene rings is 8. The average Bonchev–Trinajstić information content (AvgIpc) is 1.74. The van der Waals surface area contributed by atoms with Crippen molar-refractivity contribution < 1.29 is 144 Å². The molecule has 2 unspecified atom stereocenters. The Bertz CT molecular complexity index is 6450. The smallest absolute Gasteiger partial charge is 0.343 e. The summed E-state index contributed by atoms with van der Waals surface area (Å²) in [6.45, 7) is 17.4. The van der Waals surface area contributed by atoms with Crippen molar-refractivity contribution in [1.82, 2.24) is 0 Å². The predicted molar refractivity (Wildman–Crippen MR) is 515 cm³/mol. The SMILES string of the molecule is COC(=O)Cc1c(C)oc2c(O)cccc12.COC(=O)Cc1c(C)oc2c(OP)cccc12.COCCc1c(C)oc2c(O)cccc12.COCCc1c(C)oc2c(OC)cccc12.COCCc1c(C)oc2c(OCC(=O)O)cccc12.COCCc1c(C)oc2c(OCC(=O)OC)cccc12.COc1cccc2c(CCO)c(C)oc12.Cc1oc2c(OP)cccc2c1CCO.[3HH].[3HH]. The van der Waals surface area contributed by atoms with Crippen LogP contribution < -0.4 is 28.0 Å². The summed E-state index contributed by atoms with van der Waals surface area (Å²) in [6.07, 6.45) is 4.77. The van der Waals surface area contributed by atoms with Gasteiger partial charge in [-0.05, 0) is 142 Å². The maximum Gasteiger partial charge on any atom is 0.343 e. The first-order chi connectivity index (χ1) is 64.2. The largest absolute Gasteiger partial charge is 0.504 e. The lowest BCUT2D eigenvalue weighted by atomic mass is 10.1. The summed E-state index contributed by atoms with van der Waals surface area (Å²) >= 11 is 0. The number of phenolic OH excluding ortho intramolecular Hbond substituents is 2. The zero-order valence-corrected chi connectivity index (χ0v) is 80.1. The number of aromatic hydroxyl groups is 2. The molecule has 2 atom stereocenters. The summed E-state index contributed by atoms with van der Waals surface area (Å²) in [5, 5.41) is 53.5. The molecule has 0 aliphatic carbocycles. The zero-order chi connectivity index (χ0) is 96.5. The van der Waals surface area contributed by atoms with E-state index >= 15 is 0 Å². The molecule has 32 heteroatoms. The monoisotopic (exact) mass is 1880 g/mol. The second kappa shape index (κ2) is 51.1. The highest BCUT2D eigenvalue weighted by atomic mass is 31.0. The minimum absolute atomic E-state index is 0. The van der Waals surface area contributed by atoms with E-state index in [4.69, 9.17) is 97.6 Å². The first kappa shape index (κ1) is 104. The Morgan fingerprint density at radius 1 is 0.293 bits per heavy atom. The van der Waals surface area contributed by atoms with E-state index in [1.54, 1.807) is 86.0 Å². The van der Waals surface area contributed by atoms with Crippen LogP contribution in [0.4, 0.5) is 0 Å². The van der Waals surface area contributed by atoms with Crippen LogP contribution in [-0.4, -0.2) is 166 Å². The summed E-state index contributed by atoms with van der Waals surface area (Å²) < 4.78 is 111. The summed E-state index contributed by atoms with van der Waals surface area (Å²) in [7, 11) is 18.4. The molecule has 0 amide bonds. The van der Waals surface area contributed by atoms with Gasteiger partial charge in [-0.1, -0.05) is 97.1 Å². The number of aliphatic carboxylic acids is 1. The van der Waals surface area contributed by atoms with E-state index in [9.17, 15) is 29.4 Å². The summed E-state index contributed by atoms with van der Waals surface area (Å²) in [5.41, 5.74) is 13.4. The average molecular weight is 1880 g/mol. The van der Waals surface area contributed by atoms with Gasteiger partial charge in [0.1, 0.15) is 46.1 Å². The number of methoxy groups -OCH3 is 9. The van der Waals surface area contributed by atoms with Crippen LogP contribution in [-0.2, 0) is 104 Å². The molecule has 0 saturated heterocycles. The number of phenols is 2. The molecule has 16 rings (SSSR count). The van der Waals surface area contributed by atoms with Crippen molar-refractivity contribution >= 4 is 131 Å². The number of carbonyl (C=O) groups is 4. The molecule has 714 valence electrons. The van der Waals surface area contributed by atoms with Crippen LogP contribution in [0.3, 0.4) is 0 Å². The van der Waals surface area contributed by atoms with Gasteiger partial charge in [-0.3, -0.25) is 9.59 Å². The van der Waals surface area contributed by atoms with E-state index in [1.807, 2.05) is 152 Å². The lowest BCUT2D eigenvalue weighted by molar-refractivity contribution is -0.143. The van der Waals surface area contributed by atoms with Gasteiger partial charge in [-0.25, -0.2) is 9.59 Å². The number of hydrogen-bond donors (Lipinski definition) is 5. The van der Waals surface area contributed by atoms with Crippen molar-refractivity contribution in [2.45, 2.75) is 107 Å². The van der Waals surface area contributed by atoms with Gasteiger partial charge in [0.2, 0.25) is 0 Å². The van der Waals surface area contributed by atoms with Crippen molar-refractivity contribution in [1.29, 1.82) is 0 Å². The Hall–Kier alpha value is -13.0. The molecule has 8 aromatic heterocycles. The van der Waals surface area contributed by atoms with Gasteiger partial charge in [-0.15, -0.1) is 0 Å². The molecule has 5 N–H and O–H groups in total. The van der Waals surface area contributed by atoms with Gasteiger partial charge in [0.05, 0.1) is 93.8 Å². The fraction of sp³-hybridized carbons (Fsp3) is 0.327. The number of aryl methyl sites for hydroxylation is 8. The van der Waals surface area contributed by atoms with Crippen LogP contribution in [0.1, 0.15) is 93.4 Å². The Morgan fingerprint density at radius 3 is 0.789 bits per heavy atom. The number of para-hydroxylation sites is 8. The summed E-state index contributed by atoms with van der Waals surface area (Å²) in [6, 6.07) is 44.6. The third-order valence-electron chi connectivity index (χ3n) is 21.6. The van der Waals surface area contributed by atoms with Gasteiger partial charge in [0.15, 0.2) is 104 Å². The van der Waals surface area contributed by atoms with Crippen molar-refractivity contribution in [2.75, 3.05) is 117 Å². The molecule has 8 heterocycles. The number of carbonyl (C=O) groups excluding carboxylic acids is 3. The Morgan fingerprint density at radius 2 is 0.519 bits per heavy atom. The molecule has 0 saturated carbocycles. The number of carboxylic acids is 1. The number of fused-ring (bicyclic) bond motifs is 8. The molecule has 30 nitrogen and oxygen atoms in total. The fourth-order valence-corrected chi connectivity index (χ4v) is 15.3. The van der Waals surface area contributed by atoms with Crippen molar-refractivity contribution in [3.05, 3.63) is 236 Å². The summed E-state index contributed by atoms with van der Waals surface area (Å²) in [4.78, 5) is 44.3. The fourth-order valence-electron chi connectivity index (χ4n) is 15.0.